The number of likely N-dealkylation sites (N-methyl/N-ethyl adjacent to an activating group) is 2. The summed E-state index contributed by atoms with van der Waals surface area (Å²) in [5.74, 6) is 0. The number of aliphatic hydroxyl groups excluding tert-OH is 1. The molecule has 2 heterocycles. The number of nitrogens with zero attached hydrogens (tertiary/aromatic N) is 4. The van der Waals surface area contributed by atoms with E-state index in [0.29, 0.717) is 30.4 Å². The van der Waals surface area contributed by atoms with Gasteiger partial charge in [-0.3, -0.25) is 9.36 Å². The maximum Gasteiger partial charge on any atom is 0.261 e. The van der Waals surface area contributed by atoms with Crippen molar-refractivity contribution in [1.82, 2.24) is 14.5 Å². The van der Waals surface area contributed by atoms with Crippen LogP contribution in [0.3, 0.4) is 0 Å². The van der Waals surface area contributed by atoms with E-state index in [1.54, 1.807) is 10.9 Å². The first kappa shape index (κ1) is 24.4. The van der Waals surface area contributed by atoms with Gasteiger partial charge in [0.15, 0.2) is 0 Å². The van der Waals surface area contributed by atoms with E-state index in [0.717, 1.165) is 29.4 Å². The topological polar surface area (TPSA) is 70.8 Å². The number of hydrogen-bond donors (Lipinski definition) is 1. The first-order chi connectivity index (χ1) is 17.4. The number of benzene rings is 3. The lowest BCUT2D eigenvalue weighted by atomic mass is 9.95. The summed E-state index contributed by atoms with van der Waals surface area (Å²) in [5.41, 5.74) is 4.06. The number of aromatic nitrogens is 2. The van der Waals surface area contributed by atoms with Gasteiger partial charge in [0.2, 0.25) is 0 Å². The van der Waals surface area contributed by atoms with Crippen LogP contribution in [0.25, 0.3) is 21.7 Å². The van der Waals surface area contributed by atoms with Gasteiger partial charge < -0.3 is 19.6 Å². The van der Waals surface area contributed by atoms with Gasteiger partial charge in [-0.15, -0.1) is 0 Å². The lowest BCUT2D eigenvalue weighted by molar-refractivity contribution is -0.0395. The van der Waals surface area contributed by atoms with Crippen molar-refractivity contribution in [3.8, 4) is 0 Å². The molecule has 1 fully saturated rings. The Morgan fingerprint density at radius 3 is 2.50 bits per heavy atom. The van der Waals surface area contributed by atoms with E-state index in [2.05, 4.69) is 61.3 Å². The molecule has 188 valence electrons. The molecular formula is C29H34N4O3. The van der Waals surface area contributed by atoms with Crippen LogP contribution in [0, 0.1) is 0 Å². The van der Waals surface area contributed by atoms with Crippen molar-refractivity contribution in [3.63, 3.8) is 0 Å². The minimum Gasteiger partial charge on any atom is -0.389 e. The average molecular weight is 487 g/mol. The van der Waals surface area contributed by atoms with Gasteiger partial charge in [0.05, 0.1) is 36.0 Å². The number of anilines is 1. The second-order valence-electron chi connectivity index (χ2n) is 10.0. The summed E-state index contributed by atoms with van der Waals surface area (Å²) in [5, 5.41) is 13.1. The molecule has 1 aliphatic heterocycles. The number of ether oxygens (including phenoxy) is 1. The number of aliphatic hydroxyl groups is 1. The van der Waals surface area contributed by atoms with Crippen LogP contribution in [0.1, 0.15) is 23.6 Å². The minimum absolute atomic E-state index is 0.115. The monoisotopic (exact) mass is 486 g/mol. The molecule has 0 spiro atoms. The van der Waals surface area contributed by atoms with E-state index in [1.165, 1.54) is 11.3 Å². The van der Waals surface area contributed by atoms with Gasteiger partial charge in [-0.25, -0.2) is 4.98 Å². The normalized spacial score (nSPS) is 18.2. The number of rotatable bonds is 7. The van der Waals surface area contributed by atoms with Crippen LogP contribution in [-0.4, -0.2) is 73.1 Å². The van der Waals surface area contributed by atoms with Gasteiger partial charge in [0, 0.05) is 37.8 Å². The molecule has 0 unspecified atom stereocenters. The molecule has 0 saturated carbocycles. The fourth-order valence-corrected chi connectivity index (χ4v) is 5.03. The predicted octanol–water partition coefficient (Wildman–Crippen LogP) is 3.46. The van der Waals surface area contributed by atoms with E-state index in [9.17, 15) is 9.90 Å². The average Bonchev–Trinajstić information content (AvgIpc) is 2.89. The fraction of sp³-hybridized carbons (Fsp3) is 0.379. The zero-order chi connectivity index (χ0) is 25.2. The first-order valence-corrected chi connectivity index (χ1v) is 12.5. The molecule has 0 amide bonds. The highest BCUT2D eigenvalue weighted by Gasteiger charge is 2.27. The van der Waals surface area contributed by atoms with Crippen LogP contribution in [-0.2, 0) is 11.2 Å². The highest BCUT2D eigenvalue weighted by atomic mass is 16.5. The van der Waals surface area contributed by atoms with Crippen molar-refractivity contribution in [2.24, 2.45) is 0 Å². The Bertz CT molecular complexity index is 1410. The zero-order valence-corrected chi connectivity index (χ0v) is 21.2. The first-order valence-electron chi connectivity index (χ1n) is 12.5. The highest BCUT2D eigenvalue weighted by Crippen LogP contribution is 2.29. The molecule has 1 N–H and O–H groups in total. The molecule has 3 aromatic carbocycles. The zero-order valence-electron chi connectivity index (χ0n) is 21.2. The molecule has 0 aliphatic carbocycles. The Labute approximate surface area is 211 Å². The molecule has 0 bridgehead atoms. The van der Waals surface area contributed by atoms with Crippen LogP contribution in [0.2, 0.25) is 0 Å². The van der Waals surface area contributed by atoms with Crippen LogP contribution in [0.15, 0.2) is 65.7 Å². The molecule has 36 heavy (non-hydrogen) atoms. The second-order valence-corrected chi connectivity index (χ2v) is 10.0. The van der Waals surface area contributed by atoms with Gasteiger partial charge in [-0.05, 0) is 61.6 Å². The molecule has 0 radical (unpaired) electrons. The van der Waals surface area contributed by atoms with Gasteiger partial charge in [-0.1, -0.05) is 36.4 Å². The third kappa shape index (κ3) is 4.87. The molecule has 7 nitrogen and oxygen atoms in total. The fourth-order valence-electron chi connectivity index (χ4n) is 5.03. The summed E-state index contributed by atoms with van der Waals surface area (Å²) in [6.07, 6.45) is 2.17. The van der Waals surface area contributed by atoms with Crippen molar-refractivity contribution in [1.29, 1.82) is 0 Å². The van der Waals surface area contributed by atoms with Crippen molar-refractivity contribution in [3.05, 3.63) is 82.4 Å². The molecule has 5 rings (SSSR count). The molecular weight excluding hydrogens is 452 g/mol. The third-order valence-corrected chi connectivity index (χ3v) is 7.18. The van der Waals surface area contributed by atoms with Gasteiger partial charge in [0.25, 0.3) is 5.56 Å². The Morgan fingerprint density at radius 1 is 1.03 bits per heavy atom. The maximum atomic E-state index is 13.6. The van der Waals surface area contributed by atoms with Crippen molar-refractivity contribution < 1.29 is 9.84 Å². The molecule has 1 aromatic heterocycles. The lowest BCUT2D eigenvalue weighted by Crippen LogP contribution is -2.39. The predicted molar refractivity (Wildman–Crippen MR) is 145 cm³/mol. The Balaban J connectivity index is 1.51. The van der Waals surface area contributed by atoms with Crippen molar-refractivity contribution in [2.75, 3.05) is 52.3 Å². The summed E-state index contributed by atoms with van der Waals surface area (Å²) in [6, 6.07) is 18.5. The van der Waals surface area contributed by atoms with E-state index >= 15 is 0 Å². The SMILES string of the molecule is CN(C)CCN(C)c1ccc(Cc2cc3c(=O)n([C@H]4CCOC[C@@H]4O)cnc3c3ccccc23)cc1. The molecule has 2 atom stereocenters. The molecule has 1 saturated heterocycles. The molecule has 1 aliphatic rings. The Morgan fingerprint density at radius 2 is 1.78 bits per heavy atom. The summed E-state index contributed by atoms with van der Waals surface area (Å²) < 4.78 is 6.95. The van der Waals surface area contributed by atoms with Crippen LogP contribution >= 0.6 is 0 Å². The largest absolute Gasteiger partial charge is 0.389 e. The van der Waals surface area contributed by atoms with Crippen molar-refractivity contribution >= 4 is 27.4 Å². The Kier molecular flexibility index (Phi) is 7.05. The summed E-state index contributed by atoms with van der Waals surface area (Å²) in [4.78, 5) is 22.7. The quantitative estimate of drug-likeness (QED) is 0.404. The van der Waals surface area contributed by atoms with Crippen LogP contribution in [0.5, 0.6) is 0 Å². The number of fused-ring (bicyclic) bond motifs is 3. The third-order valence-electron chi connectivity index (χ3n) is 7.18. The minimum atomic E-state index is -0.718. The summed E-state index contributed by atoms with van der Waals surface area (Å²) in [6.45, 7) is 2.72. The Hall–Kier alpha value is -3.26. The standard InChI is InChI=1S/C29H34N4O3/c1-31(2)13-14-32(3)22-10-8-20(9-11-22)16-21-17-25-28(24-7-5-4-6-23(21)24)30-19-33(29(25)35)26-12-15-36-18-27(26)34/h4-11,17,19,26-27,34H,12-16,18H2,1-3H3/t26-,27-/m0/s1. The maximum absolute atomic E-state index is 13.6. The van der Waals surface area contributed by atoms with Gasteiger partial charge in [0.1, 0.15) is 0 Å². The van der Waals surface area contributed by atoms with Crippen molar-refractivity contribution in [2.45, 2.75) is 25.0 Å². The van der Waals surface area contributed by atoms with E-state index in [4.69, 9.17) is 9.72 Å². The smallest absolute Gasteiger partial charge is 0.261 e. The lowest BCUT2D eigenvalue weighted by Gasteiger charge is -2.29. The molecule has 4 aromatic rings. The highest BCUT2D eigenvalue weighted by molar-refractivity contribution is 6.06. The summed E-state index contributed by atoms with van der Waals surface area (Å²) >= 11 is 0. The van der Waals surface area contributed by atoms with E-state index < -0.39 is 6.10 Å². The van der Waals surface area contributed by atoms with E-state index in [1.807, 2.05) is 24.3 Å². The summed E-state index contributed by atoms with van der Waals surface area (Å²) in [7, 11) is 6.28. The number of hydrogen-bond acceptors (Lipinski definition) is 6. The van der Waals surface area contributed by atoms with Crippen LogP contribution in [0.4, 0.5) is 5.69 Å². The van der Waals surface area contributed by atoms with E-state index in [-0.39, 0.29) is 18.2 Å². The van der Waals surface area contributed by atoms with Gasteiger partial charge in [-0.2, -0.15) is 0 Å². The molecule has 7 heteroatoms. The van der Waals surface area contributed by atoms with Gasteiger partial charge >= 0.3 is 0 Å². The second kappa shape index (κ2) is 10.4. The van der Waals surface area contributed by atoms with Crippen LogP contribution < -0.4 is 10.5 Å².